The molecular weight excluding hydrogens is 340 g/mol. The lowest BCUT2D eigenvalue weighted by Gasteiger charge is -2.05. The summed E-state index contributed by atoms with van der Waals surface area (Å²) in [7, 11) is 0. The van der Waals surface area contributed by atoms with E-state index in [1.165, 1.54) is 44.9 Å². The van der Waals surface area contributed by atoms with Crippen LogP contribution in [0, 0.1) is 0 Å². The molecule has 0 radical (unpaired) electrons. The van der Waals surface area contributed by atoms with Crippen LogP contribution in [0.3, 0.4) is 0 Å². The topological polar surface area (TPSA) is 52.6 Å². The molecule has 0 fully saturated rings. The summed E-state index contributed by atoms with van der Waals surface area (Å²) in [5, 5.41) is 0. The molecule has 158 valence electrons. The summed E-state index contributed by atoms with van der Waals surface area (Å²) in [6.07, 6.45) is 19.3. The van der Waals surface area contributed by atoms with Crippen molar-refractivity contribution in [1.82, 2.24) is 0 Å². The second-order valence-electron chi connectivity index (χ2n) is 7.14. The van der Waals surface area contributed by atoms with Gasteiger partial charge in [0.25, 0.3) is 0 Å². The van der Waals surface area contributed by atoms with E-state index in [1.54, 1.807) is 0 Å². The lowest BCUT2D eigenvalue weighted by atomic mass is 10.1. The molecule has 0 spiro atoms. The number of carbonyl (C=O) groups excluding carboxylic acids is 2. The van der Waals surface area contributed by atoms with E-state index in [4.69, 9.17) is 9.47 Å². The summed E-state index contributed by atoms with van der Waals surface area (Å²) in [6.45, 7) is 5.28. The van der Waals surface area contributed by atoms with Gasteiger partial charge in [0.05, 0.1) is 13.2 Å². The van der Waals surface area contributed by atoms with Crippen LogP contribution in [0.1, 0.15) is 110 Å². The van der Waals surface area contributed by atoms with Crippen molar-refractivity contribution < 1.29 is 19.1 Å². The van der Waals surface area contributed by atoms with Crippen molar-refractivity contribution in [3.8, 4) is 0 Å². The fourth-order valence-corrected chi connectivity index (χ4v) is 2.81. The molecule has 0 unspecified atom stereocenters. The van der Waals surface area contributed by atoms with Crippen molar-refractivity contribution in [3.05, 3.63) is 12.2 Å². The summed E-state index contributed by atoms with van der Waals surface area (Å²) in [5.41, 5.74) is 0. The first-order valence-electron chi connectivity index (χ1n) is 11.2. The lowest BCUT2D eigenvalue weighted by molar-refractivity contribution is -0.145. The number of rotatable bonds is 19. The van der Waals surface area contributed by atoms with Crippen LogP contribution in [0.15, 0.2) is 12.2 Å². The Labute approximate surface area is 167 Å². The first-order valence-corrected chi connectivity index (χ1v) is 11.2. The molecule has 4 nitrogen and oxygen atoms in total. The van der Waals surface area contributed by atoms with Crippen LogP contribution in [0.4, 0.5) is 0 Å². The molecule has 0 amide bonds. The summed E-state index contributed by atoms with van der Waals surface area (Å²) in [6, 6.07) is 0. The van der Waals surface area contributed by atoms with E-state index in [1.807, 2.05) is 6.08 Å². The number of carbonyl (C=O) groups is 2. The molecule has 0 aliphatic carbocycles. The van der Waals surface area contributed by atoms with Gasteiger partial charge in [-0.2, -0.15) is 0 Å². The molecular formula is C23H42O4. The Morgan fingerprint density at radius 3 is 1.70 bits per heavy atom. The molecule has 4 heteroatoms. The number of allylic oxidation sites excluding steroid dienone is 1. The van der Waals surface area contributed by atoms with Crippen molar-refractivity contribution in [3.63, 3.8) is 0 Å². The SMILES string of the molecule is CC/C=C/CCOC(=O)CCCCC(=O)OCCCCCCCCCCC. The second-order valence-corrected chi connectivity index (χ2v) is 7.14. The predicted molar refractivity (Wildman–Crippen MR) is 112 cm³/mol. The Hall–Kier alpha value is -1.32. The minimum atomic E-state index is -0.178. The van der Waals surface area contributed by atoms with Crippen LogP contribution in [0.2, 0.25) is 0 Å². The van der Waals surface area contributed by atoms with Gasteiger partial charge in [-0.1, -0.05) is 77.4 Å². The third kappa shape index (κ3) is 20.8. The van der Waals surface area contributed by atoms with Gasteiger partial charge in [0, 0.05) is 12.8 Å². The van der Waals surface area contributed by atoms with Gasteiger partial charge >= 0.3 is 11.9 Å². The van der Waals surface area contributed by atoms with E-state index in [9.17, 15) is 9.59 Å². The summed E-state index contributed by atoms with van der Waals surface area (Å²) < 4.78 is 10.4. The molecule has 0 aromatic rings. The maximum Gasteiger partial charge on any atom is 0.305 e. The largest absolute Gasteiger partial charge is 0.466 e. The average molecular weight is 383 g/mol. The van der Waals surface area contributed by atoms with Gasteiger partial charge in [-0.25, -0.2) is 0 Å². The zero-order chi connectivity index (χ0) is 20.0. The number of hydrogen-bond acceptors (Lipinski definition) is 4. The Bertz CT molecular complexity index is 377. The molecule has 0 aromatic heterocycles. The van der Waals surface area contributed by atoms with E-state index in [0.717, 1.165) is 25.7 Å². The van der Waals surface area contributed by atoms with Crippen LogP contribution in [0.25, 0.3) is 0 Å². The van der Waals surface area contributed by atoms with Gasteiger partial charge in [-0.3, -0.25) is 9.59 Å². The van der Waals surface area contributed by atoms with Crippen LogP contribution in [-0.2, 0) is 19.1 Å². The highest BCUT2D eigenvalue weighted by Crippen LogP contribution is 2.10. The quantitative estimate of drug-likeness (QED) is 0.145. The summed E-state index contributed by atoms with van der Waals surface area (Å²) in [4.78, 5) is 23.2. The highest BCUT2D eigenvalue weighted by Gasteiger charge is 2.06. The third-order valence-electron chi connectivity index (χ3n) is 4.47. The molecule has 27 heavy (non-hydrogen) atoms. The van der Waals surface area contributed by atoms with Gasteiger partial charge in [0.1, 0.15) is 0 Å². The fraction of sp³-hybridized carbons (Fsp3) is 0.826. The molecule has 0 saturated carbocycles. The standard InChI is InChI=1S/C23H42O4/c1-3-5-7-9-10-11-12-13-17-21-27-23(25)19-15-14-18-22(24)26-20-16-8-6-4-2/h6,8H,3-5,7,9-21H2,1-2H3/b8-6+. The van der Waals surface area contributed by atoms with Crippen LogP contribution < -0.4 is 0 Å². The van der Waals surface area contributed by atoms with Crippen molar-refractivity contribution in [2.24, 2.45) is 0 Å². The van der Waals surface area contributed by atoms with Gasteiger partial charge in [-0.05, 0) is 32.1 Å². The normalized spacial score (nSPS) is 11.0. The molecule has 0 N–H and O–H groups in total. The molecule has 0 aliphatic heterocycles. The maximum absolute atomic E-state index is 11.6. The van der Waals surface area contributed by atoms with Crippen molar-refractivity contribution in [2.45, 2.75) is 110 Å². The molecule has 0 saturated heterocycles. The van der Waals surface area contributed by atoms with Gasteiger partial charge < -0.3 is 9.47 Å². The molecule has 0 heterocycles. The van der Waals surface area contributed by atoms with Crippen molar-refractivity contribution in [2.75, 3.05) is 13.2 Å². The van der Waals surface area contributed by atoms with E-state index < -0.39 is 0 Å². The lowest BCUT2D eigenvalue weighted by Crippen LogP contribution is -2.07. The molecule has 0 atom stereocenters. The van der Waals surface area contributed by atoms with Crippen LogP contribution >= 0.6 is 0 Å². The van der Waals surface area contributed by atoms with E-state index >= 15 is 0 Å². The van der Waals surface area contributed by atoms with Crippen LogP contribution in [0.5, 0.6) is 0 Å². The fourth-order valence-electron chi connectivity index (χ4n) is 2.81. The van der Waals surface area contributed by atoms with Crippen LogP contribution in [-0.4, -0.2) is 25.2 Å². The highest BCUT2D eigenvalue weighted by atomic mass is 16.5. The number of ether oxygens (including phenoxy) is 2. The number of unbranched alkanes of at least 4 members (excludes halogenated alkanes) is 9. The zero-order valence-corrected chi connectivity index (χ0v) is 17.8. The molecule has 0 aromatic carbocycles. The van der Waals surface area contributed by atoms with E-state index in [0.29, 0.717) is 38.9 Å². The Kier molecular flexibility index (Phi) is 20.0. The third-order valence-corrected chi connectivity index (χ3v) is 4.47. The first kappa shape index (κ1) is 25.7. The number of hydrogen-bond donors (Lipinski definition) is 0. The average Bonchev–Trinajstić information content (AvgIpc) is 2.66. The Balaban J connectivity index is 3.32. The van der Waals surface area contributed by atoms with Gasteiger partial charge in [0.2, 0.25) is 0 Å². The Morgan fingerprint density at radius 1 is 0.630 bits per heavy atom. The first-order chi connectivity index (χ1) is 13.2. The minimum absolute atomic E-state index is 0.146. The zero-order valence-electron chi connectivity index (χ0n) is 17.8. The molecule has 0 aliphatic rings. The molecule has 0 bridgehead atoms. The van der Waals surface area contributed by atoms with Gasteiger partial charge in [0.15, 0.2) is 0 Å². The van der Waals surface area contributed by atoms with E-state index in [-0.39, 0.29) is 11.9 Å². The summed E-state index contributed by atoms with van der Waals surface area (Å²) in [5.74, 6) is -0.324. The predicted octanol–water partition coefficient (Wildman–Crippen LogP) is 6.52. The maximum atomic E-state index is 11.6. The highest BCUT2D eigenvalue weighted by molar-refractivity contribution is 5.70. The summed E-state index contributed by atoms with van der Waals surface area (Å²) >= 11 is 0. The molecule has 0 rings (SSSR count). The number of esters is 2. The second kappa shape index (κ2) is 21.0. The van der Waals surface area contributed by atoms with Gasteiger partial charge in [-0.15, -0.1) is 0 Å². The Morgan fingerprint density at radius 2 is 1.15 bits per heavy atom. The smallest absolute Gasteiger partial charge is 0.305 e. The minimum Gasteiger partial charge on any atom is -0.466 e. The van der Waals surface area contributed by atoms with Crippen molar-refractivity contribution in [1.29, 1.82) is 0 Å². The van der Waals surface area contributed by atoms with Crippen molar-refractivity contribution >= 4 is 11.9 Å². The van der Waals surface area contributed by atoms with E-state index in [2.05, 4.69) is 19.9 Å². The monoisotopic (exact) mass is 382 g/mol.